The van der Waals surface area contributed by atoms with Gasteiger partial charge in [-0.05, 0) is 47.0 Å². The van der Waals surface area contributed by atoms with E-state index in [-0.39, 0.29) is 0 Å². The Morgan fingerprint density at radius 3 is 2.71 bits per heavy atom. The van der Waals surface area contributed by atoms with E-state index in [0.29, 0.717) is 28.6 Å². The van der Waals surface area contributed by atoms with E-state index in [1.807, 2.05) is 25.1 Å². The molecule has 0 unspecified atom stereocenters. The Kier molecular flexibility index (Phi) is 5.36. The van der Waals surface area contributed by atoms with Crippen LogP contribution < -0.4 is 4.74 Å². The van der Waals surface area contributed by atoms with Crippen LogP contribution in [0, 0.1) is 0 Å². The van der Waals surface area contributed by atoms with E-state index >= 15 is 0 Å². The molecule has 0 aliphatic rings. The minimum absolute atomic E-state index is 0.315. The number of ether oxygens (including phenoxy) is 1. The zero-order chi connectivity index (χ0) is 15.4. The molecular formula is C15H16BrNO3S. The quantitative estimate of drug-likeness (QED) is 0.806. The van der Waals surface area contributed by atoms with E-state index in [1.165, 1.54) is 11.3 Å². The number of aromatic nitrogens is 1. The Balaban J connectivity index is 2.34. The summed E-state index contributed by atoms with van der Waals surface area (Å²) in [6, 6.07) is 5.69. The fourth-order valence-corrected chi connectivity index (χ4v) is 3.33. The average molecular weight is 370 g/mol. The monoisotopic (exact) mass is 369 g/mol. The van der Waals surface area contributed by atoms with Crippen LogP contribution in [0.1, 0.15) is 35.6 Å². The lowest BCUT2D eigenvalue weighted by Crippen LogP contribution is -1.97. The Bertz CT molecular complexity index is 654. The van der Waals surface area contributed by atoms with Gasteiger partial charge >= 0.3 is 5.97 Å². The maximum atomic E-state index is 11.2. The minimum atomic E-state index is -0.919. The van der Waals surface area contributed by atoms with Crippen LogP contribution in [0.2, 0.25) is 0 Å². The van der Waals surface area contributed by atoms with Gasteiger partial charge in [0.15, 0.2) is 0 Å². The number of carboxylic acids is 1. The molecule has 2 rings (SSSR count). The van der Waals surface area contributed by atoms with Gasteiger partial charge in [-0.25, -0.2) is 9.78 Å². The summed E-state index contributed by atoms with van der Waals surface area (Å²) in [5.74, 6) is -0.135. The lowest BCUT2D eigenvalue weighted by atomic mass is 10.2. The number of aryl methyl sites for hydroxylation is 1. The summed E-state index contributed by atoms with van der Waals surface area (Å²) in [6.07, 6.45) is 1.56. The number of hydrogen-bond acceptors (Lipinski definition) is 4. The Labute approximate surface area is 135 Å². The summed E-state index contributed by atoms with van der Waals surface area (Å²) in [7, 11) is 0. The molecule has 0 radical (unpaired) electrons. The maximum absolute atomic E-state index is 11.2. The standard InChI is InChI=1S/C15H16BrNO3S/c1-3-7-20-12-6-5-9(8-10(12)16)14-17-11(4-2)13(21-14)15(18)19/h5-6,8H,3-4,7H2,1-2H3,(H,18,19). The van der Waals surface area contributed by atoms with Gasteiger partial charge in [0.25, 0.3) is 0 Å². The molecule has 4 nitrogen and oxygen atoms in total. The Morgan fingerprint density at radius 2 is 2.19 bits per heavy atom. The highest BCUT2D eigenvalue weighted by molar-refractivity contribution is 9.10. The number of hydrogen-bond donors (Lipinski definition) is 1. The smallest absolute Gasteiger partial charge is 0.347 e. The molecule has 0 saturated heterocycles. The fraction of sp³-hybridized carbons (Fsp3) is 0.333. The van der Waals surface area contributed by atoms with Crippen LogP contribution in [0.15, 0.2) is 22.7 Å². The average Bonchev–Trinajstić information content (AvgIpc) is 2.90. The van der Waals surface area contributed by atoms with Gasteiger partial charge in [-0.1, -0.05) is 13.8 Å². The van der Waals surface area contributed by atoms with Crippen molar-refractivity contribution in [1.82, 2.24) is 4.98 Å². The molecule has 0 atom stereocenters. The number of aromatic carboxylic acids is 1. The molecule has 0 amide bonds. The van der Waals surface area contributed by atoms with Crippen LogP contribution in [0.4, 0.5) is 0 Å². The van der Waals surface area contributed by atoms with E-state index in [1.54, 1.807) is 0 Å². The zero-order valence-electron chi connectivity index (χ0n) is 11.9. The second kappa shape index (κ2) is 7.04. The molecule has 6 heteroatoms. The van der Waals surface area contributed by atoms with Gasteiger partial charge in [-0.15, -0.1) is 11.3 Å². The van der Waals surface area contributed by atoms with Crippen LogP contribution in [0.25, 0.3) is 10.6 Å². The molecule has 112 valence electrons. The number of carboxylic acid groups (broad SMARTS) is 1. The predicted molar refractivity (Wildman–Crippen MR) is 87.4 cm³/mol. The molecule has 21 heavy (non-hydrogen) atoms. The molecule has 1 N–H and O–H groups in total. The second-order valence-corrected chi connectivity index (χ2v) is 6.30. The van der Waals surface area contributed by atoms with Crippen molar-refractivity contribution in [2.75, 3.05) is 6.61 Å². The van der Waals surface area contributed by atoms with Gasteiger partial charge in [0.1, 0.15) is 15.6 Å². The second-order valence-electron chi connectivity index (χ2n) is 4.45. The molecule has 1 heterocycles. The highest BCUT2D eigenvalue weighted by Gasteiger charge is 2.17. The first-order valence-corrected chi connectivity index (χ1v) is 8.33. The third-order valence-electron chi connectivity index (χ3n) is 2.87. The van der Waals surface area contributed by atoms with Gasteiger partial charge in [-0.3, -0.25) is 0 Å². The number of thiazole rings is 1. The first-order chi connectivity index (χ1) is 10.1. The molecule has 0 fully saturated rings. The summed E-state index contributed by atoms with van der Waals surface area (Å²) in [4.78, 5) is 15.9. The van der Waals surface area contributed by atoms with Crippen LogP contribution >= 0.6 is 27.3 Å². The van der Waals surface area contributed by atoms with Crippen molar-refractivity contribution < 1.29 is 14.6 Å². The van der Waals surface area contributed by atoms with Crippen LogP contribution in [0.5, 0.6) is 5.75 Å². The lowest BCUT2D eigenvalue weighted by molar-refractivity contribution is 0.0701. The molecule has 0 bridgehead atoms. The highest BCUT2D eigenvalue weighted by atomic mass is 79.9. The number of benzene rings is 1. The van der Waals surface area contributed by atoms with Crippen molar-refractivity contribution in [1.29, 1.82) is 0 Å². The number of carbonyl (C=O) groups is 1. The van der Waals surface area contributed by atoms with Gasteiger partial charge in [0.2, 0.25) is 0 Å². The summed E-state index contributed by atoms with van der Waals surface area (Å²) >= 11 is 4.69. The lowest BCUT2D eigenvalue weighted by Gasteiger charge is -2.07. The highest BCUT2D eigenvalue weighted by Crippen LogP contribution is 2.34. The molecule has 0 saturated carbocycles. The number of rotatable bonds is 6. The van der Waals surface area contributed by atoms with Crippen LogP contribution in [-0.2, 0) is 6.42 Å². The predicted octanol–water partition coefficient (Wildman–Crippen LogP) is 4.62. The van der Waals surface area contributed by atoms with E-state index in [0.717, 1.165) is 22.2 Å². The van der Waals surface area contributed by atoms with Crippen molar-refractivity contribution in [3.05, 3.63) is 33.2 Å². The Hall–Kier alpha value is -1.40. The van der Waals surface area contributed by atoms with Crippen molar-refractivity contribution in [2.24, 2.45) is 0 Å². The molecule has 1 aromatic carbocycles. The van der Waals surface area contributed by atoms with Crippen molar-refractivity contribution in [3.8, 4) is 16.3 Å². The van der Waals surface area contributed by atoms with Gasteiger partial charge < -0.3 is 9.84 Å². The third kappa shape index (κ3) is 3.63. The van der Waals surface area contributed by atoms with E-state index in [9.17, 15) is 9.90 Å². The summed E-state index contributed by atoms with van der Waals surface area (Å²) < 4.78 is 6.45. The summed E-state index contributed by atoms with van der Waals surface area (Å²) in [5, 5.41) is 9.91. The number of halogens is 1. The molecule has 2 aromatic rings. The first-order valence-electron chi connectivity index (χ1n) is 6.72. The zero-order valence-corrected chi connectivity index (χ0v) is 14.3. The molecule has 0 spiro atoms. The largest absolute Gasteiger partial charge is 0.492 e. The fourth-order valence-electron chi connectivity index (χ4n) is 1.84. The number of nitrogens with zero attached hydrogens (tertiary/aromatic N) is 1. The van der Waals surface area contributed by atoms with Crippen LogP contribution in [0.3, 0.4) is 0 Å². The van der Waals surface area contributed by atoms with Crippen molar-refractivity contribution in [3.63, 3.8) is 0 Å². The van der Waals surface area contributed by atoms with Gasteiger partial charge in [0, 0.05) is 5.56 Å². The van der Waals surface area contributed by atoms with Crippen LogP contribution in [-0.4, -0.2) is 22.7 Å². The molecular weight excluding hydrogens is 354 g/mol. The molecule has 0 aliphatic heterocycles. The normalized spacial score (nSPS) is 10.6. The van der Waals surface area contributed by atoms with E-state index in [4.69, 9.17) is 4.74 Å². The molecule has 1 aromatic heterocycles. The Morgan fingerprint density at radius 1 is 1.43 bits per heavy atom. The topological polar surface area (TPSA) is 59.4 Å². The van der Waals surface area contributed by atoms with Gasteiger partial charge in [0.05, 0.1) is 16.8 Å². The third-order valence-corrected chi connectivity index (χ3v) is 4.62. The summed E-state index contributed by atoms with van der Waals surface area (Å²) in [5.41, 5.74) is 1.52. The maximum Gasteiger partial charge on any atom is 0.347 e. The molecule has 0 aliphatic carbocycles. The minimum Gasteiger partial charge on any atom is -0.492 e. The first kappa shape index (κ1) is 16.0. The van der Waals surface area contributed by atoms with E-state index < -0.39 is 5.97 Å². The van der Waals surface area contributed by atoms with Crippen molar-refractivity contribution in [2.45, 2.75) is 26.7 Å². The van der Waals surface area contributed by atoms with Gasteiger partial charge in [-0.2, -0.15) is 0 Å². The van der Waals surface area contributed by atoms with Crippen molar-refractivity contribution >= 4 is 33.2 Å². The SMILES string of the molecule is CCCOc1ccc(-c2nc(CC)c(C(=O)O)s2)cc1Br. The summed E-state index contributed by atoms with van der Waals surface area (Å²) in [6.45, 7) is 4.62. The van der Waals surface area contributed by atoms with E-state index in [2.05, 4.69) is 27.8 Å².